The predicted molar refractivity (Wildman–Crippen MR) is 560 cm³/mol. The number of fused-ring (bicyclic) bond motifs is 25. The van der Waals surface area contributed by atoms with Crippen LogP contribution in [0.1, 0.15) is 316 Å². The molecule has 3 spiro atoms. The van der Waals surface area contributed by atoms with E-state index in [-0.39, 0.29) is 49.4 Å². The summed E-state index contributed by atoms with van der Waals surface area (Å²) in [6.07, 6.45) is 28.2. The van der Waals surface area contributed by atoms with Crippen molar-refractivity contribution in [3.8, 4) is 0 Å². The Hall–Kier alpha value is -8.70. The minimum absolute atomic E-state index is 0.000273. The fourth-order valence-electron chi connectivity index (χ4n) is 30.6. The van der Waals surface area contributed by atoms with Gasteiger partial charge in [-0.1, -0.05) is 178 Å². The van der Waals surface area contributed by atoms with Crippen molar-refractivity contribution >= 4 is 136 Å². The molecule has 7 atom stereocenters. The number of benzene rings is 5. The van der Waals surface area contributed by atoms with Gasteiger partial charge < -0.3 is 47.2 Å². The van der Waals surface area contributed by atoms with Gasteiger partial charge >= 0.3 is 0 Å². The molecule has 15 aromatic rings. The Bertz CT molecular complexity index is 7070. The standard InChI is InChI=1S/C26H30N2S.C24H30N2S.C23H27NOS.C22H26N2S.C21H24N2S/c1-15-6-4-5-7-21(15)28-16(2)23-24-22(8-9-27(24)3)29-25(23)26(28)19-11-17-10-18(13-19)14-20(26)12-17;1-14-10-9-11-16-19(14)26-15(2)18-20-17(12-13-25(20)8)27-21(18)24(26,7)23(5,6)22(16,3)4;1-13-9-8-10-15-18(13)24-14(2)17-19-16(11-12-26-19)25-20(17)23(24,7)22(5,6)21(15,3)4;1-15-9-5-6-10-17(15)24-16(2)19-20-18(11-14-23(20)3)25-21(19)22(24)12-7-4-8-13-22;1-14-8-4-5-9-16(14)23-15(2)18-19-17(10-13-22(19)3)24-20(18)21(23)11-6-7-12-21/h4-9,16-20H,10-14H2,1-3H3;9-13,15H,1-8H3;8-12,14H,1-7H3;5-6,9-11,14,16H,4,7-8,12-13H2,1-3H3;4-5,8-10,13,15H,6-7,11-12H2,1-3H3. The quantitative estimate of drug-likeness (QED) is 0.176. The monoisotopic (exact) mass is 1830 g/mol. The Morgan fingerprint density at radius 2 is 0.679 bits per heavy atom. The van der Waals surface area contributed by atoms with Gasteiger partial charge in [-0.3, -0.25) is 0 Å². The highest BCUT2D eigenvalue weighted by Gasteiger charge is 2.70. The maximum atomic E-state index is 6.55. The fraction of sp³-hybridized carbons (Fsp3) is 0.483. The molecule has 28 rings (SSSR count). The summed E-state index contributed by atoms with van der Waals surface area (Å²) >= 11 is 10.1. The summed E-state index contributed by atoms with van der Waals surface area (Å²) in [6.45, 7) is 47.9. The first-order chi connectivity index (χ1) is 62.5. The first-order valence-corrected chi connectivity index (χ1v) is 53.9. The number of thiophene rings is 5. The van der Waals surface area contributed by atoms with E-state index in [1.54, 1.807) is 41.8 Å². The highest BCUT2D eigenvalue weighted by molar-refractivity contribution is 7.20. The lowest BCUT2D eigenvalue weighted by molar-refractivity contribution is -0.0588. The molecule has 5 aromatic carbocycles. The van der Waals surface area contributed by atoms with Crippen molar-refractivity contribution in [2.75, 3.05) is 24.5 Å². The molecule has 13 aliphatic rings. The topological polar surface area (TPSA) is 49.1 Å². The van der Waals surface area contributed by atoms with Crippen LogP contribution in [0.3, 0.4) is 0 Å². The van der Waals surface area contributed by atoms with E-state index in [1.807, 2.05) is 34.0 Å². The van der Waals surface area contributed by atoms with Gasteiger partial charge in [-0.05, 0) is 268 Å². The fourth-order valence-corrected chi connectivity index (χ4v) is 38.0. The average Bonchev–Trinajstić information content (AvgIpc) is 1.51. The van der Waals surface area contributed by atoms with Crippen molar-refractivity contribution in [1.29, 1.82) is 0 Å². The molecule has 0 amide bonds. The van der Waals surface area contributed by atoms with Gasteiger partial charge in [0.15, 0.2) is 0 Å². The van der Waals surface area contributed by atoms with Crippen LogP contribution in [0.25, 0.3) is 51.1 Å². The molecular formula is C116H137N9OS5. The highest BCUT2D eigenvalue weighted by atomic mass is 32.1. The number of aromatic nitrogens is 4. The molecule has 15 heteroatoms. The number of nitrogens with zero attached hydrogens (tertiary/aromatic N) is 9. The number of hydrogen-bond acceptors (Lipinski definition) is 11. The summed E-state index contributed by atoms with van der Waals surface area (Å²) in [7, 11) is 8.82. The predicted octanol–water partition coefficient (Wildman–Crippen LogP) is 32.5. The Morgan fingerprint density at radius 1 is 0.336 bits per heavy atom. The Kier molecular flexibility index (Phi) is 19.6. The van der Waals surface area contributed by atoms with E-state index in [4.69, 9.17) is 4.42 Å². The van der Waals surface area contributed by atoms with Gasteiger partial charge in [0, 0.05) is 140 Å². The van der Waals surface area contributed by atoms with E-state index in [9.17, 15) is 0 Å². The zero-order chi connectivity index (χ0) is 91.3. The molecular weight excluding hydrogens is 1700 g/mol. The minimum Gasteiger partial charge on any atom is -0.457 e. The van der Waals surface area contributed by atoms with Crippen molar-refractivity contribution in [2.24, 2.45) is 62.7 Å². The normalized spacial score (nSPS) is 27.7. The first kappa shape index (κ1) is 86.4. The lowest BCUT2D eigenvalue weighted by atomic mass is 9.48. The Labute approximate surface area is 798 Å². The molecule has 682 valence electrons. The minimum atomic E-state index is -0.177. The Morgan fingerprint density at radius 3 is 1.11 bits per heavy atom. The number of rotatable bonds is 3. The highest BCUT2D eigenvalue weighted by Crippen LogP contribution is 2.75. The van der Waals surface area contributed by atoms with Crippen LogP contribution in [-0.2, 0) is 66.7 Å². The summed E-state index contributed by atoms with van der Waals surface area (Å²) in [5, 5.41) is 2.15. The molecule has 131 heavy (non-hydrogen) atoms. The van der Waals surface area contributed by atoms with E-state index in [0.717, 1.165) is 29.3 Å². The van der Waals surface area contributed by atoms with E-state index in [2.05, 4.69) is 402 Å². The van der Waals surface area contributed by atoms with Crippen molar-refractivity contribution in [3.63, 3.8) is 0 Å². The van der Waals surface area contributed by atoms with Crippen LogP contribution in [0, 0.1) is 69.1 Å². The summed E-state index contributed by atoms with van der Waals surface area (Å²) in [4.78, 5) is 20.5. The summed E-state index contributed by atoms with van der Waals surface area (Å²) < 4.78 is 23.1. The van der Waals surface area contributed by atoms with Crippen LogP contribution in [0.15, 0.2) is 174 Å². The Balaban J connectivity index is 0.0000000932. The number of aryl methyl sites for hydroxylation is 9. The van der Waals surface area contributed by atoms with E-state index >= 15 is 0 Å². The van der Waals surface area contributed by atoms with Gasteiger partial charge in [-0.2, -0.15) is 0 Å². The van der Waals surface area contributed by atoms with Crippen LogP contribution >= 0.6 is 56.7 Å². The SMILES string of the molecule is Cc1cccc2c1N1C(C)c3c(oc4ccsc34)C1(C)C(C)(C)C2(C)C.Cc1cccc2c1N1C(C)c3c(sc4ccn(C)c34)C1(C)C(C)(C)C2(C)C.Cc1ccccc1N1C(C)c2c(sc3ccn(C)c23)C12C1CC3CC(C1)CC2C3.Cc1ccccc1N1C(C)c2c(sc3ccn(C)c23)C12CCCC2.Cc1ccccc1N1C(C)c2c(sc3ccn(C)c23)C12CCCCC2. The third kappa shape index (κ3) is 11.2. The molecule has 17 heterocycles. The second kappa shape index (κ2) is 29.7. The number of furan rings is 1. The van der Waals surface area contributed by atoms with Gasteiger partial charge in [-0.25, -0.2) is 0 Å². The molecule has 6 aliphatic carbocycles. The molecule has 7 unspecified atom stereocenters. The smallest absolute Gasteiger partial charge is 0.145 e. The molecule has 4 bridgehead atoms. The maximum Gasteiger partial charge on any atom is 0.145 e. The van der Waals surface area contributed by atoms with Gasteiger partial charge in [0.2, 0.25) is 0 Å². The van der Waals surface area contributed by atoms with Gasteiger partial charge in [0.1, 0.15) is 16.9 Å². The second-order valence-corrected chi connectivity index (χ2v) is 50.2. The average molecular weight is 1830 g/mol. The van der Waals surface area contributed by atoms with Gasteiger partial charge in [0.05, 0.1) is 97.9 Å². The lowest BCUT2D eigenvalue weighted by Crippen LogP contribution is -2.62. The van der Waals surface area contributed by atoms with Crippen molar-refractivity contribution in [1.82, 2.24) is 18.3 Å². The first-order valence-electron chi connectivity index (χ1n) is 49.7. The number of para-hydroxylation sites is 5. The second-order valence-electron chi connectivity index (χ2n) is 45.0. The van der Waals surface area contributed by atoms with E-state index < -0.39 is 0 Å². The molecule has 0 N–H and O–H groups in total. The van der Waals surface area contributed by atoms with Crippen LogP contribution in [-0.4, -0.2) is 18.3 Å². The van der Waals surface area contributed by atoms with Gasteiger partial charge in [0.25, 0.3) is 0 Å². The largest absolute Gasteiger partial charge is 0.457 e. The molecule has 10 nitrogen and oxygen atoms in total. The van der Waals surface area contributed by atoms with Crippen molar-refractivity contribution < 1.29 is 4.42 Å². The van der Waals surface area contributed by atoms with Gasteiger partial charge in [-0.15, -0.1) is 56.7 Å². The molecule has 6 fully saturated rings. The third-order valence-corrected chi connectivity index (χ3v) is 44.5. The van der Waals surface area contributed by atoms with E-state index in [1.165, 1.54) is 214 Å². The summed E-state index contributed by atoms with van der Waals surface area (Å²) in [6, 6.07) is 54.2. The van der Waals surface area contributed by atoms with E-state index in [0.29, 0.717) is 30.2 Å². The molecule has 10 aromatic heterocycles. The lowest BCUT2D eigenvalue weighted by Gasteiger charge is -2.63. The number of anilines is 5. The maximum absolute atomic E-state index is 6.55. The van der Waals surface area contributed by atoms with Crippen LogP contribution in [0.2, 0.25) is 0 Å². The van der Waals surface area contributed by atoms with Crippen LogP contribution < -0.4 is 24.5 Å². The summed E-state index contributed by atoms with van der Waals surface area (Å²) in [5.41, 5.74) is 32.5. The van der Waals surface area contributed by atoms with Crippen molar-refractivity contribution in [3.05, 3.63) is 262 Å². The molecule has 0 saturated heterocycles. The molecule has 0 radical (unpaired) electrons. The number of hydrogen-bond donors (Lipinski definition) is 0. The molecule has 6 saturated carbocycles. The summed E-state index contributed by atoms with van der Waals surface area (Å²) in [5.74, 6) is 4.83. The van der Waals surface area contributed by atoms with Crippen molar-refractivity contribution in [2.45, 2.75) is 297 Å². The van der Waals surface area contributed by atoms with Crippen LogP contribution in [0.4, 0.5) is 28.4 Å². The third-order valence-electron chi connectivity index (χ3n) is 38.2. The van der Waals surface area contributed by atoms with Crippen LogP contribution in [0.5, 0.6) is 0 Å². The molecule has 7 aliphatic heterocycles. The zero-order valence-corrected chi connectivity index (χ0v) is 86.3. The zero-order valence-electron chi connectivity index (χ0n) is 82.2.